The van der Waals surface area contributed by atoms with Crippen molar-refractivity contribution in [3.8, 4) is 0 Å². The van der Waals surface area contributed by atoms with Crippen molar-refractivity contribution in [3.63, 3.8) is 0 Å². The van der Waals surface area contributed by atoms with Crippen LogP contribution in [0.2, 0.25) is 0 Å². The molecular formula is C18H31NS. The number of aryl methyl sites for hydroxylation is 2. The monoisotopic (exact) mass is 293 g/mol. The fraction of sp³-hybridized carbons (Fsp3) is 0.667. The smallest absolute Gasteiger partial charge is 0.0198 e. The largest absolute Gasteiger partial charge is 0.313 e. The molecular weight excluding hydrogens is 262 g/mol. The second-order valence-electron chi connectivity index (χ2n) is 6.16. The number of benzene rings is 1. The molecule has 0 aliphatic carbocycles. The highest BCUT2D eigenvalue weighted by molar-refractivity contribution is 7.99. The Balaban J connectivity index is 2.63. The van der Waals surface area contributed by atoms with Crippen LogP contribution in [-0.2, 0) is 6.42 Å². The molecule has 0 radical (unpaired) electrons. The van der Waals surface area contributed by atoms with E-state index in [1.54, 1.807) is 0 Å². The van der Waals surface area contributed by atoms with Crippen molar-refractivity contribution in [2.45, 2.75) is 53.5 Å². The Labute approximate surface area is 129 Å². The molecule has 114 valence electrons. The highest BCUT2D eigenvalue weighted by Gasteiger charge is 2.12. The van der Waals surface area contributed by atoms with Gasteiger partial charge in [-0.15, -0.1) is 0 Å². The van der Waals surface area contributed by atoms with Gasteiger partial charge in [0.1, 0.15) is 0 Å². The van der Waals surface area contributed by atoms with E-state index in [0.29, 0.717) is 6.04 Å². The molecule has 2 heteroatoms. The van der Waals surface area contributed by atoms with Gasteiger partial charge >= 0.3 is 0 Å². The summed E-state index contributed by atoms with van der Waals surface area (Å²) in [5.41, 5.74) is 4.40. The summed E-state index contributed by atoms with van der Waals surface area (Å²) in [6, 6.07) is 7.23. The van der Waals surface area contributed by atoms with Crippen molar-refractivity contribution in [2.24, 2.45) is 5.92 Å². The predicted molar refractivity (Wildman–Crippen MR) is 93.9 cm³/mol. The summed E-state index contributed by atoms with van der Waals surface area (Å²) < 4.78 is 0. The summed E-state index contributed by atoms with van der Waals surface area (Å²) in [4.78, 5) is 0. The zero-order chi connectivity index (χ0) is 15.0. The summed E-state index contributed by atoms with van der Waals surface area (Å²) in [7, 11) is 0. The molecule has 1 N–H and O–H groups in total. The van der Waals surface area contributed by atoms with Crippen LogP contribution < -0.4 is 5.32 Å². The van der Waals surface area contributed by atoms with E-state index in [9.17, 15) is 0 Å². The average molecular weight is 294 g/mol. The highest BCUT2D eigenvalue weighted by atomic mass is 32.2. The normalized spacial score (nSPS) is 12.9. The number of hydrogen-bond donors (Lipinski definition) is 1. The van der Waals surface area contributed by atoms with E-state index in [0.717, 1.165) is 18.9 Å². The topological polar surface area (TPSA) is 12.0 Å². The quantitative estimate of drug-likeness (QED) is 0.714. The Morgan fingerprint density at radius 3 is 2.30 bits per heavy atom. The fourth-order valence-electron chi connectivity index (χ4n) is 2.40. The van der Waals surface area contributed by atoms with E-state index in [1.807, 2.05) is 0 Å². The van der Waals surface area contributed by atoms with Gasteiger partial charge in [0, 0.05) is 11.8 Å². The van der Waals surface area contributed by atoms with Gasteiger partial charge in [0.05, 0.1) is 0 Å². The maximum Gasteiger partial charge on any atom is 0.0198 e. The third-order valence-corrected chi connectivity index (χ3v) is 5.09. The van der Waals surface area contributed by atoms with Crippen LogP contribution in [0.3, 0.4) is 0 Å². The van der Waals surface area contributed by atoms with Gasteiger partial charge in [-0.3, -0.25) is 0 Å². The van der Waals surface area contributed by atoms with Crippen LogP contribution in [0.5, 0.6) is 0 Å². The molecule has 1 nitrogen and oxygen atoms in total. The average Bonchev–Trinajstić information content (AvgIpc) is 2.39. The van der Waals surface area contributed by atoms with Crippen LogP contribution in [0.15, 0.2) is 18.2 Å². The summed E-state index contributed by atoms with van der Waals surface area (Å²) in [6.07, 6.45) is 2.36. The molecule has 0 saturated heterocycles. The molecule has 0 aliphatic rings. The Bertz CT molecular complexity index is 367. The fourth-order valence-corrected chi connectivity index (χ4v) is 3.53. The third kappa shape index (κ3) is 6.32. The van der Waals surface area contributed by atoms with E-state index < -0.39 is 0 Å². The maximum atomic E-state index is 3.73. The van der Waals surface area contributed by atoms with E-state index in [2.05, 4.69) is 69.9 Å². The molecule has 1 rings (SSSR count). The van der Waals surface area contributed by atoms with Crippen LogP contribution in [0.25, 0.3) is 0 Å². The van der Waals surface area contributed by atoms with Gasteiger partial charge in [-0.1, -0.05) is 39.0 Å². The van der Waals surface area contributed by atoms with Crippen molar-refractivity contribution in [2.75, 3.05) is 18.1 Å². The van der Waals surface area contributed by atoms with Gasteiger partial charge in [-0.25, -0.2) is 0 Å². The predicted octanol–water partition coefficient (Wildman–Crippen LogP) is 4.60. The van der Waals surface area contributed by atoms with Crippen molar-refractivity contribution in [3.05, 3.63) is 34.9 Å². The van der Waals surface area contributed by atoms with Crippen LogP contribution >= 0.6 is 11.8 Å². The minimum Gasteiger partial charge on any atom is -0.313 e. The van der Waals surface area contributed by atoms with Gasteiger partial charge in [-0.2, -0.15) is 11.8 Å². The van der Waals surface area contributed by atoms with Crippen molar-refractivity contribution >= 4 is 11.8 Å². The second kappa shape index (κ2) is 9.46. The van der Waals surface area contributed by atoms with Crippen LogP contribution in [0.4, 0.5) is 0 Å². The Hall–Kier alpha value is -0.470. The molecule has 0 bridgehead atoms. The summed E-state index contributed by atoms with van der Waals surface area (Å²) in [6.45, 7) is 12.4. The van der Waals surface area contributed by atoms with E-state index in [4.69, 9.17) is 0 Å². The number of hydrogen-bond acceptors (Lipinski definition) is 2. The molecule has 1 atom stereocenters. The molecule has 0 aromatic heterocycles. The van der Waals surface area contributed by atoms with E-state index in [1.165, 1.54) is 34.6 Å². The Morgan fingerprint density at radius 2 is 1.75 bits per heavy atom. The Kier molecular flexibility index (Phi) is 8.32. The maximum absolute atomic E-state index is 3.73. The number of rotatable bonds is 9. The van der Waals surface area contributed by atoms with Crippen molar-refractivity contribution in [1.82, 2.24) is 5.32 Å². The minimum atomic E-state index is 0.596. The molecule has 0 spiro atoms. The molecule has 0 fully saturated rings. The lowest BCUT2D eigenvalue weighted by atomic mass is 9.97. The summed E-state index contributed by atoms with van der Waals surface area (Å²) >= 11 is 2.09. The minimum absolute atomic E-state index is 0.596. The second-order valence-corrected chi connectivity index (χ2v) is 7.23. The molecule has 0 aliphatic heterocycles. The lowest BCUT2D eigenvalue weighted by molar-refractivity contribution is 0.548. The van der Waals surface area contributed by atoms with Crippen molar-refractivity contribution in [1.29, 1.82) is 0 Å². The molecule has 1 aromatic rings. The molecule has 0 saturated carbocycles. The first-order valence-corrected chi connectivity index (χ1v) is 9.06. The molecule has 20 heavy (non-hydrogen) atoms. The summed E-state index contributed by atoms with van der Waals surface area (Å²) in [5, 5.41) is 3.73. The lowest BCUT2D eigenvalue weighted by Crippen LogP contribution is -2.34. The lowest BCUT2D eigenvalue weighted by Gasteiger charge is -2.21. The zero-order valence-corrected chi connectivity index (χ0v) is 14.6. The number of thioether (sulfide) groups is 1. The van der Waals surface area contributed by atoms with E-state index in [-0.39, 0.29) is 0 Å². The van der Waals surface area contributed by atoms with Gasteiger partial charge in [-0.05, 0) is 61.6 Å². The van der Waals surface area contributed by atoms with Gasteiger partial charge in [0.2, 0.25) is 0 Å². The Morgan fingerprint density at radius 1 is 1.10 bits per heavy atom. The summed E-state index contributed by atoms with van der Waals surface area (Å²) in [5.74, 6) is 3.26. The van der Waals surface area contributed by atoms with Crippen LogP contribution in [0, 0.1) is 19.8 Å². The first-order chi connectivity index (χ1) is 9.54. The molecule has 1 aromatic carbocycles. The van der Waals surface area contributed by atoms with E-state index >= 15 is 0 Å². The van der Waals surface area contributed by atoms with Gasteiger partial charge in [0.15, 0.2) is 0 Å². The van der Waals surface area contributed by atoms with Crippen LogP contribution in [0.1, 0.15) is 43.9 Å². The SMILES string of the molecule is CCCNC(CSCC(C)C)Cc1c(C)cccc1C. The molecule has 0 heterocycles. The molecule has 0 amide bonds. The van der Waals surface area contributed by atoms with Gasteiger partial charge < -0.3 is 5.32 Å². The molecule has 1 unspecified atom stereocenters. The number of nitrogens with one attached hydrogen (secondary N) is 1. The van der Waals surface area contributed by atoms with Gasteiger partial charge in [0.25, 0.3) is 0 Å². The third-order valence-electron chi connectivity index (χ3n) is 3.55. The van der Waals surface area contributed by atoms with Crippen molar-refractivity contribution < 1.29 is 0 Å². The highest BCUT2D eigenvalue weighted by Crippen LogP contribution is 2.18. The zero-order valence-electron chi connectivity index (χ0n) is 13.8. The first kappa shape index (κ1) is 17.6. The standard InChI is InChI=1S/C18H31NS/c1-6-10-19-17(13-20-12-14(2)3)11-18-15(4)8-7-9-16(18)5/h7-9,14,17,19H,6,10-13H2,1-5H3. The van der Waals surface area contributed by atoms with Crippen LogP contribution in [-0.4, -0.2) is 24.1 Å². The first-order valence-electron chi connectivity index (χ1n) is 7.90.